The van der Waals surface area contributed by atoms with Gasteiger partial charge in [0, 0.05) is 31.7 Å². The van der Waals surface area contributed by atoms with E-state index in [1.54, 1.807) is 12.1 Å². The number of fused-ring (bicyclic) bond motifs is 1. The average Bonchev–Trinajstić information content (AvgIpc) is 3.18. The van der Waals surface area contributed by atoms with E-state index in [1.807, 2.05) is 36.4 Å². The molecule has 0 saturated carbocycles. The van der Waals surface area contributed by atoms with Gasteiger partial charge in [-0.05, 0) is 30.7 Å². The van der Waals surface area contributed by atoms with Crippen molar-refractivity contribution in [1.82, 2.24) is 10.2 Å². The molecule has 6 heteroatoms. The number of ether oxygens (including phenoxy) is 1. The van der Waals surface area contributed by atoms with Crippen LogP contribution in [-0.4, -0.2) is 36.2 Å². The lowest BCUT2D eigenvalue weighted by molar-refractivity contribution is 0.0946. The molecule has 0 aliphatic carbocycles. The third-order valence-corrected chi connectivity index (χ3v) is 6.31. The van der Waals surface area contributed by atoms with Crippen LogP contribution in [0.4, 0.5) is 0 Å². The maximum atomic E-state index is 12.4. The summed E-state index contributed by atoms with van der Waals surface area (Å²) in [5, 5.41) is 2.98. The van der Waals surface area contributed by atoms with Gasteiger partial charge >= 0.3 is 0 Å². The van der Waals surface area contributed by atoms with Crippen LogP contribution in [0.2, 0.25) is 0 Å². The summed E-state index contributed by atoms with van der Waals surface area (Å²) in [6.07, 6.45) is -0.0685. The van der Waals surface area contributed by atoms with Crippen molar-refractivity contribution >= 4 is 23.0 Å². The second kappa shape index (κ2) is 9.24. The summed E-state index contributed by atoms with van der Waals surface area (Å²) in [7, 11) is 0. The van der Waals surface area contributed by atoms with E-state index in [0.717, 1.165) is 30.0 Å². The normalized spacial score (nSPS) is 16.2. The molecule has 2 aromatic carbocycles. The van der Waals surface area contributed by atoms with Crippen LogP contribution in [-0.2, 0) is 6.54 Å². The Labute approximate surface area is 180 Å². The van der Waals surface area contributed by atoms with E-state index < -0.39 is 0 Å². The summed E-state index contributed by atoms with van der Waals surface area (Å²) in [4.78, 5) is 27.3. The lowest BCUT2D eigenvalue weighted by atomic mass is 10.1. The zero-order valence-corrected chi connectivity index (χ0v) is 17.7. The fourth-order valence-electron chi connectivity index (χ4n) is 3.56. The first kappa shape index (κ1) is 20.3. The highest BCUT2D eigenvalue weighted by molar-refractivity contribution is 7.15. The molecule has 1 N–H and O–H groups in total. The fraction of sp³-hybridized carbons (Fsp3) is 0.250. The number of Topliss-reactive ketones (excluding diaryl/α,β-unsaturated/α-hetero) is 1. The lowest BCUT2D eigenvalue weighted by Crippen LogP contribution is -2.36. The van der Waals surface area contributed by atoms with E-state index in [2.05, 4.69) is 28.4 Å². The van der Waals surface area contributed by atoms with Gasteiger partial charge in [-0.1, -0.05) is 48.5 Å². The number of nitrogens with zero attached hydrogens (tertiary/aromatic N) is 1. The van der Waals surface area contributed by atoms with Crippen molar-refractivity contribution in [3.8, 4) is 5.75 Å². The fourth-order valence-corrected chi connectivity index (χ4v) is 4.37. The topological polar surface area (TPSA) is 58.6 Å². The van der Waals surface area contributed by atoms with Gasteiger partial charge in [-0.25, -0.2) is 0 Å². The summed E-state index contributed by atoms with van der Waals surface area (Å²) in [6, 6.07) is 21.7. The van der Waals surface area contributed by atoms with E-state index in [9.17, 15) is 9.59 Å². The largest absolute Gasteiger partial charge is 0.484 e. The second-order valence-electron chi connectivity index (χ2n) is 7.34. The van der Waals surface area contributed by atoms with Crippen LogP contribution in [0, 0.1) is 0 Å². The van der Waals surface area contributed by atoms with E-state index in [1.165, 1.54) is 18.3 Å². The highest BCUT2D eigenvalue weighted by Gasteiger charge is 2.24. The van der Waals surface area contributed by atoms with Crippen molar-refractivity contribution in [3.63, 3.8) is 0 Å². The van der Waals surface area contributed by atoms with Crippen molar-refractivity contribution in [2.75, 3.05) is 19.6 Å². The van der Waals surface area contributed by atoms with Gasteiger partial charge in [-0.15, -0.1) is 11.3 Å². The standard InChI is InChI=1S/C24H24N2O3S/c1-17(27)22-11-12-23(30-22)24(28)25-13-14-26-15-19-9-5-6-10-20(19)29-21(16-26)18-7-3-2-4-8-18/h2-12,21H,13-16H2,1H3,(H,25,28). The lowest BCUT2D eigenvalue weighted by Gasteiger charge is -2.24. The van der Waals surface area contributed by atoms with Gasteiger partial charge in [0.25, 0.3) is 5.91 Å². The van der Waals surface area contributed by atoms with Crippen molar-refractivity contribution in [3.05, 3.63) is 87.6 Å². The number of benzene rings is 2. The Morgan fingerprint density at radius 2 is 1.77 bits per heavy atom. The van der Waals surface area contributed by atoms with Gasteiger partial charge in [0.05, 0.1) is 9.75 Å². The van der Waals surface area contributed by atoms with Crippen LogP contribution < -0.4 is 10.1 Å². The quantitative estimate of drug-likeness (QED) is 0.604. The molecule has 1 atom stereocenters. The molecular weight excluding hydrogens is 396 g/mol. The molecular formula is C24H24N2O3S. The maximum absolute atomic E-state index is 12.4. The molecule has 1 unspecified atom stereocenters. The first-order chi connectivity index (χ1) is 14.6. The van der Waals surface area contributed by atoms with Crippen LogP contribution >= 0.6 is 11.3 Å². The molecule has 30 heavy (non-hydrogen) atoms. The number of hydrogen-bond acceptors (Lipinski definition) is 5. The summed E-state index contributed by atoms with van der Waals surface area (Å²) in [5.74, 6) is 0.751. The van der Waals surface area contributed by atoms with Gasteiger partial charge in [0.2, 0.25) is 0 Å². The number of hydrogen-bond donors (Lipinski definition) is 1. The predicted molar refractivity (Wildman–Crippen MR) is 118 cm³/mol. The van der Waals surface area contributed by atoms with Gasteiger partial charge in [-0.2, -0.15) is 0 Å². The molecule has 5 nitrogen and oxygen atoms in total. The van der Waals surface area contributed by atoms with Crippen LogP contribution in [0.15, 0.2) is 66.7 Å². The number of para-hydroxylation sites is 1. The van der Waals surface area contributed by atoms with Gasteiger partial charge in [-0.3, -0.25) is 14.5 Å². The summed E-state index contributed by atoms with van der Waals surface area (Å²) in [5.41, 5.74) is 2.28. The summed E-state index contributed by atoms with van der Waals surface area (Å²) in [6.45, 7) is 4.24. The number of carbonyl (C=O) groups is 2. The third-order valence-electron chi connectivity index (χ3n) is 5.12. The van der Waals surface area contributed by atoms with E-state index in [4.69, 9.17) is 4.74 Å². The molecule has 1 aliphatic rings. The monoisotopic (exact) mass is 420 g/mol. The van der Waals surface area contributed by atoms with Gasteiger partial charge in [0.15, 0.2) is 5.78 Å². The Morgan fingerprint density at radius 3 is 2.53 bits per heavy atom. The van der Waals surface area contributed by atoms with Crippen LogP contribution in [0.5, 0.6) is 5.75 Å². The molecule has 1 aromatic heterocycles. The van der Waals surface area contributed by atoms with Crippen molar-refractivity contribution in [2.24, 2.45) is 0 Å². The SMILES string of the molecule is CC(=O)c1ccc(C(=O)NCCN2Cc3ccccc3OC(c3ccccc3)C2)s1. The highest BCUT2D eigenvalue weighted by atomic mass is 32.1. The Morgan fingerprint density at radius 1 is 1.03 bits per heavy atom. The van der Waals surface area contributed by atoms with E-state index >= 15 is 0 Å². The van der Waals surface area contributed by atoms with Crippen LogP contribution in [0.3, 0.4) is 0 Å². The number of thiophene rings is 1. The number of amides is 1. The summed E-state index contributed by atoms with van der Waals surface area (Å²) >= 11 is 1.23. The molecule has 4 rings (SSSR count). The number of carbonyl (C=O) groups excluding carboxylic acids is 2. The molecule has 3 aromatic rings. The van der Waals surface area contributed by atoms with Crippen molar-refractivity contribution in [1.29, 1.82) is 0 Å². The van der Waals surface area contributed by atoms with Crippen molar-refractivity contribution in [2.45, 2.75) is 19.6 Å². The molecule has 0 fully saturated rings. The van der Waals surface area contributed by atoms with Gasteiger partial charge < -0.3 is 10.1 Å². The first-order valence-corrected chi connectivity index (χ1v) is 10.8. The average molecular weight is 421 g/mol. The van der Waals surface area contributed by atoms with E-state index in [-0.39, 0.29) is 17.8 Å². The van der Waals surface area contributed by atoms with Gasteiger partial charge in [0.1, 0.15) is 11.9 Å². The zero-order valence-electron chi connectivity index (χ0n) is 16.8. The minimum absolute atomic E-state index is 0.0192. The Kier molecular flexibility index (Phi) is 6.26. The molecule has 1 amide bonds. The summed E-state index contributed by atoms with van der Waals surface area (Å²) < 4.78 is 6.34. The number of ketones is 1. The Bertz CT molecular complexity index is 1030. The molecule has 1 aliphatic heterocycles. The van der Waals surface area contributed by atoms with Crippen molar-refractivity contribution < 1.29 is 14.3 Å². The smallest absolute Gasteiger partial charge is 0.261 e. The first-order valence-electron chi connectivity index (χ1n) is 10.0. The Balaban J connectivity index is 1.42. The second-order valence-corrected chi connectivity index (χ2v) is 8.42. The van der Waals surface area contributed by atoms with Crippen LogP contribution in [0.1, 0.15) is 43.5 Å². The van der Waals surface area contributed by atoms with E-state index in [0.29, 0.717) is 22.8 Å². The molecule has 0 bridgehead atoms. The molecule has 0 radical (unpaired) electrons. The predicted octanol–water partition coefficient (Wildman–Crippen LogP) is 4.32. The molecule has 2 heterocycles. The molecule has 154 valence electrons. The minimum atomic E-state index is -0.140. The number of nitrogens with one attached hydrogen (secondary N) is 1. The number of rotatable bonds is 6. The third kappa shape index (κ3) is 4.78. The zero-order chi connectivity index (χ0) is 20.9. The van der Waals surface area contributed by atoms with Crippen LogP contribution in [0.25, 0.3) is 0 Å². The minimum Gasteiger partial charge on any atom is -0.484 e. The molecule has 0 spiro atoms. The Hall–Kier alpha value is -2.96. The molecule has 0 saturated heterocycles. The highest BCUT2D eigenvalue weighted by Crippen LogP contribution is 2.30. The maximum Gasteiger partial charge on any atom is 0.261 e.